The fourth-order valence-corrected chi connectivity index (χ4v) is 2.04. The normalized spacial score (nSPS) is 17.7. The SMILES string of the molecule is N#Cc1ccc(NCC(O)CN2CCOCC2)cc1. The van der Waals surface area contributed by atoms with Crippen molar-refractivity contribution in [1.29, 1.82) is 5.26 Å². The van der Waals surface area contributed by atoms with Crippen LogP contribution >= 0.6 is 0 Å². The Kier molecular flexibility index (Phi) is 5.16. The molecular formula is C14H19N3O2. The van der Waals surface area contributed by atoms with E-state index in [2.05, 4.69) is 16.3 Å². The molecule has 1 aromatic rings. The van der Waals surface area contributed by atoms with Crippen LogP contribution in [0.15, 0.2) is 24.3 Å². The largest absolute Gasteiger partial charge is 0.390 e. The van der Waals surface area contributed by atoms with Gasteiger partial charge in [-0.1, -0.05) is 0 Å². The van der Waals surface area contributed by atoms with Crippen molar-refractivity contribution in [2.45, 2.75) is 6.10 Å². The Balaban J connectivity index is 1.73. The number of β-amino-alcohol motifs (C(OH)–C–C–N with tert-alkyl or cyclic N) is 1. The number of benzene rings is 1. The third-order valence-electron chi connectivity index (χ3n) is 3.13. The Morgan fingerprint density at radius 1 is 1.32 bits per heavy atom. The zero-order valence-corrected chi connectivity index (χ0v) is 10.9. The quantitative estimate of drug-likeness (QED) is 0.815. The van der Waals surface area contributed by atoms with Crippen molar-refractivity contribution >= 4 is 5.69 Å². The van der Waals surface area contributed by atoms with Crippen molar-refractivity contribution in [2.75, 3.05) is 44.7 Å². The van der Waals surface area contributed by atoms with Crippen LogP contribution in [-0.4, -0.2) is 55.5 Å². The summed E-state index contributed by atoms with van der Waals surface area (Å²) in [6.45, 7) is 4.42. The summed E-state index contributed by atoms with van der Waals surface area (Å²) in [7, 11) is 0. The van der Waals surface area contributed by atoms with Crippen molar-refractivity contribution in [3.05, 3.63) is 29.8 Å². The van der Waals surface area contributed by atoms with Crippen LogP contribution in [0.25, 0.3) is 0 Å². The van der Waals surface area contributed by atoms with Crippen LogP contribution in [0.1, 0.15) is 5.56 Å². The minimum Gasteiger partial charge on any atom is -0.390 e. The highest BCUT2D eigenvalue weighted by molar-refractivity contribution is 5.47. The van der Waals surface area contributed by atoms with E-state index in [1.807, 2.05) is 12.1 Å². The number of hydrogen-bond donors (Lipinski definition) is 2. The van der Waals surface area contributed by atoms with Gasteiger partial charge in [0.05, 0.1) is 31.0 Å². The molecule has 0 aromatic heterocycles. The topological polar surface area (TPSA) is 68.5 Å². The van der Waals surface area contributed by atoms with Gasteiger partial charge in [0, 0.05) is 31.9 Å². The molecule has 0 bridgehead atoms. The van der Waals surface area contributed by atoms with Gasteiger partial charge in [-0.2, -0.15) is 5.26 Å². The number of aliphatic hydroxyl groups is 1. The van der Waals surface area contributed by atoms with E-state index in [0.717, 1.165) is 32.0 Å². The van der Waals surface area contributed by atoms with Crippen LogP contribution in [0.3, 0.4) is 0 Å². The molecule has 0 aliphatic carbocycles. The standard InChI is InChI=1S/C14H19N3O2/c15-9-12-1-3-13(4-2-12)16-10-14(18)11-17-5-7-19-8-6-17/h1-4,14,16,18H,5-8,10-11H2. The van der Waals surface area contributed by atoms with Crippen LogP contribution in [0.4, 0.5) is 5.69 Å². The van der Waals surface area contributed by atoms with Gasteiger partial charge in [-0.3, -0.25) is 4.90 Å². The fraction of sp³-hybridized carbons (Fsp3) is 0.500. The maximum Gasteiger partial charge on any atom is 0.0991 e. The molecule has 2 rings (SSSR count). The zero-order chi connectivity index (χ0) is 13.5. The lowest BCUT2D eigenvalue weighted by Crippen LogP contribution is -2.42. The lowest BCUT2D eigenvalue weighted by atomic mass is 10.2. The minimum atomic E-state index is -0.409. The van der Waals surface area contributed by atoms with Crippen molar-refractivity contribution in [3.63, 3.8) is 0 Å². The molecule has 0 spiro atoms. The van der Waals surface area contributed by atoms with Gasteiger partial charge in [0.25, 0.3) is 0 Å². The van der Waals surface area contributed by atoms with E-state index in [0.29, 0.717) is 18.7 Å². The van der Waals surface area contributed by atoms with Crippen LogP contribution < -0.4 is 5.32 Å². The molecule has 5 heteroatoms. The number of nitrogens with one attached hydrogen (secondary N) is 1. The molecule has 1 heterocycles. The smallest absolute Gasteiger partial charge is 0.0991 e. The Hall–Kier alpha value is -1.61. The number of morpholine rings is 1. The van der Waals surface area contributed by atoms with E-state index in [1.165, 1.54) is 0 Å². The van der Waals surface area contributed by atoms with Gasteiger partial charge < -0.3 is 15.2 Å². The van der Waals surface area contributed by atoms with Gasteiger partial charge in [0.2, 0.25) is 0 Å². The molecule has 19 heavy (non-hydrogen) atoms. The number of nitrogens with zero attached hydrogens (tertiary/aromatic N) is 2. The number of rotatable bonds is 5. The first-order valence-electron chi connectivity index (χ1n) is 6.50. The van der Waals surface area contributed by atoms with Crippen molar-refractivity contribution in [2.24, 2.45) is 0 Å². The molecule has 1 aromatic carbocycles. The van der Waals surface area contributed by atoms with Gasteiger partial charge in [-0.05, 0) is 24.3 Å². The first-order valence-corrected chi connectivity index (χ1v) is 6.50. The Morgan fingerprint density at radius 2 is 2.00 bits per heavy atom. The Bertz CT molecular complexity index is 421. The molecule has 102 valence electrons. The molecule has 0 amide bonds. The predicted octanol–water partition coefficient (Wildman–Crippen LogP) is 0.663. The fourth-order valence-electron chi connectivity index (χ4n) is 2.04. The highest BCUT2D eigenvalue weighted by Crippen LogP contribution is 2.09. The van der Waals surface area contributed by atoms with Gasteiger partial charge in [-0.25, -0.2) is 0 Å². The molecule has 0 radical (unpaired) electrons. The summed E-state index contributed by atoms with van der Waals surface area (Å²) in [5.41, 5.74) is 1.56. The zero-order valence-electron chi connectivity index (χ0n) is 10.9. The minimum absolute atomic E-state index is 0.409. The predicted molar refractivity (Wildman–Crippen MR) is 72.9 cm³/mol. The van der Waals surface area contributed by atoms with Crippen molar-refractivity contribution < 1.29 is 9.84 Å². The maximum atomic E-state index is 9.97. The van der Waals surface area contributed by atoms with E-state index in [1.54, 1.807) is 12.1 Å². The molecular weight excluding hydrogens is 242 g/mol. The van der Waals surface area contributed by atoms with Crippen molar-refractivity contribution in [1.82, 2.24) is 4.90 Å². The molecule has 1 aliphatic rings. The van der Waals surface area contributed by atoms with E-state index in [4.69, 9.17) is 10.00 Å². The molecule has 1 saturated heterocycles. The van der Waals surface area contributed by atoms with Gasteiger partial charge >= 0.3 is 0 Å². The summed E-state index contributed by atoms with van der Waals surface area (Å²) in [4.78, 5) is 2.20. The third-order valence-corrected chi connectivity index (χ3v) is 3.13. The second kappa shape index (κ2) is 7.10. The summed E-state index contributed by atoms with van der Waals surface area (Å²) in [6, 6.07) is 9.29. The Labute approximate surface area is 113 Å². The van der Waals surface area contributed by atoms with Crippen LogP contribution in [0.5, 0.6) is 0 Å². The van der Waals surface area contributed by atoms with Gasteiger partial charge in [-0.15, -0.1) is 0 Å². The summed E-state index contributed by atoms with van der Waals surface area (Å²) < 4.78 is 5.27. The molecule has 0 saturated carbocycles. The number of hydrogen-bond acceptors (Lipinski definition) is 5. The molecule has 1 aliphatic heterocycles. The van der Waals surface area contributed by atoms with E-state index >= 15 is 0 Å². The van der Waals surface area contributed by atoms with Crippen molar-refractivity contribution in [3.8, 4) is 6.07 Å². The van der Waals surface area contributed by atoms with Gasteiger partial charge in [0.15, 0.2) is 0 Å². The average molecular weight is 261 g/mol. The van der Waals surface area contributed by atoms with Crippen LogP contribution in [0.2, 0.25) is 0 Å². The highest BCUT2D eigenvalue weighted by atomic mass is 16.5. The molecule has 2 N–H and O–H groups in total. The first kappa shape index (κ1) is 13.8. The number of nitriles is 1. The summed E-state index contributed by atoms with van der Waals surface area (Å²) >= 11 is 0. The summed E-state index contributed by atoms with van der Waals surface area (Å²) in [6.07, 6.45) is -0.409. The lowest BCUT2D eigenvalue weighted by Gasteiger charge is -2.28. The molecule has 1 unspecified atom stereocenters. The lowest BCUT2D eigenvalue weighted by molar-refractivity contribution is 0.0171. The number of anilines is 1. The molecule has 1 atom stereocenters. The molecule has 5 nitrogen and oxygen atoms in total. The van der Waals surface area contributed by atoms with E-state index < -0.39 is 6.10 Å². The average Bonchev–Trinajstić information content (AvgIpc) is 2.47. The maximum absolute atomic E-state index is 9.97. The number of ether oxygens (including phenoxy) is 1. The number of aliphatic hydroxyl groups excluding tert-OH is 1. The molecule has 1 fully saturated rings. The first-order chi connectivity index (χ1) is 9.28. The third kappa shape index (κ3) is 4.52. The highest BCUT2D eigenvalue weighted by Gasteiger charge is 2.14. The van der Waals surface area contributed by atoms with E-state index in [9.17, 15) is 5.11 Å². The monoisotopic (exact) mass is 261 g/mol. The van der Waals surface area contributed by atoms with Crippen LogP contribution in [-0.2, 0) is 4.74 Å². The van der Waals surface area contributed by atoms with Gasteiger partial charge in [0.1, 0.15) is 0 Å². The summed E-state index contributed by atoms with van der Waals surface area (Å²) in [5, 5.41) is 21.8. The van der Waals surface area contributed by atoms with E-state index in [-0.39, 0.29) is 0 Å². The van der Waals surface area contributed by atoms with Crippen LogP contribution in [0, 0.1) is 11.3 Å². The second-order valence-corrected chi connectivity index (χ2v) is 4.64. The summed E-state index contributed by atoms with van der Waals surface area (Å²) in [5.74, 6) is 0. The second-order valence-electron chi connectivity index (χ2n) is 4.64. The Morgan fingerprint density at radius 3 is 2.63 bits per heavy atom.